The van der Waals surface area contributed by atoms with Gasteiger partial charge in [0.15, 0.2) is 0 Å². The minimum absolute atomic E-state index is 0.214. The van der Waals surface area contributed by atoms with E-state index in [1.165, 1.54) is 68.1 Å². The van der Waals surface area contributed by atoms with Crippen molar-refractivity contribution in [3.05, 3.63) is 66.4 Å². The first kappa shape index (κ1) is 25.4. The van der Waals surface area contributed by atoms with Crippen molar-refractivity contribution in [1.82, 2.24) is 14.8 Å². The van der Waals surface area contributed by atoms with Gasteiger partial charge in [0, 0.05) is 48.8 Å². The zero-order valence-electron chi connectivity index (χ0n) is 22.1. The number of rotatable bonds is 6. The zero-order chi connectivity index (χ0) is 25.6. The third kappa shape index (κ3) is 5.99. The maximum atomic E-state index is 9.15. The molecule has 3 aromatic rings. The predicted molar refractivity (Wildman–Crippen MR) is 149 cm³/mol. The van der Waals surface area contributed by atoms with Crippen molar-refractivity contribution in [2.45, 2.75) is 71.0 Å². The van der Waals surface area contributed by atoms with Crippen LogP contribution in [0.5, 0.6) is 5.75 Å². The SMILES string of the molecule is CC(C)C1CCC(N2CCC(n3cc(CNC(=NC#N)Oc4ccccc4)c4ccccc43)CC2)CC1. The van der Waals surface area contributed by atoms with Gasteiger partial charge in [-0.25, -0.2) is 0 Å². The Balaban J connectivity index is 1.24. The van der Waals surface area contributed by atoms with Gasteiger partial charge in [-0.15, -0.1) is 4.99 Å². The quantitative estimate of drug-likeness (QED) is 0.240. The summed E-state index contributed by atoms with van der Waals surface area (Å²) in [5.41, 5.74) is 2.46. The molecule has 1 aliphatic heterocycles. The molecule has 0 bridgehead atoms. The molecule has 0 atom stereocenters. The van der Waals surface area contributed by atoms with Gasteiger partial charge in [-0.1, -0.05) is 50.2 Å². The van der Waals surface area contributed by atoms with Gasteiger partial charge in [0.05, 0.1) is 0 Å². The van der Waals surface area contributed by atoms with E-state index in [0.717, 1.165) is 17.9 Å². The van der Waals surface area contributed by atoms with E-state index < -0.39 is 0 Å². The summed E-state index contributed by atoms with van der Waals surface area (Å²) >= 11 is 0. The molecule has 0 amide bonds. The molecule has 6 nitrogen and oxygen atoms in total. The lowest BCUT2D eigenvalue weighted by atomic mass is 9.79. The number of aromatic nitrogens is 1. The Morgan fingerprint density at radius 2 is 1.68 bits per heavy atom. The van der Waals surface area contributed by atoms with Crippen LogP contribution >= 0.6 is 0 Å². The first-order valence-corrected chi connectivity index (χ1v) is 13.9. The van der Waals surface area contributed by atoms with Gasteiger partial charge < -0.3 is 19.5 Å². The molecule has 194 valence electrons. The molecule has 1 saturated heterocycles. The molecular formula is C31H39N5O. The zero-order valence-corrected chi connectivity index (χ0v) is 22.1. The second-order valence-electron chi connectivity index (χ2n) is 10.9. The fourth-order valence-electron chi connectivity index (χ4n) is 6.30. The number of piperidine rings is 1. The van der Waals surface area contributed by atoms with Gasteiger partial charge in [0.2, 0.25) is 6.19 Å². The number of likely N-dealkylation sites (tertiary alicyclic amines) is 1. The third-order valence-corrected chi connectivity index (χ3v) is 8.46. The van der Waals surface area contributed by atoms with E-state index >= 15 is 0 Å². The van der Waals surface area contributed by atoms with E-state index in [1.54, 1.807) is 0 Å². The highest BCUT2D eigenvalue weighted by atomic mass is 16.5. The number of ether oxygens (including phenoxy) is 1. The van der Waals surface area contributed by atoms with E-state index in [2.05, 4.69) is 64.1 Å². The lowest BCUT2D eigenvalue weighted by molar-refractivity contribution is 0.0894. The van der Waals surface area contributed by atoms with Crippen LogP contribution in [0.15, 0.2) is 65.8 Å². The molecular weight excluding hydrogens is 458 g/mol. The lowest BCUT2D eigenvalue weighted by Gasteiger charge is -2.42. The average Bonchev–Trinajstić information content (AvgIpc) is 3.31. The second-order valence-corrected chi connectivity index (χ2v) is 10.9. The molecule has 2 aliphatic rings. The highest BCUT2D eigenvalue weighted by Gasteiger charge is 2.30. The standard InChI is InChI=1S/C31H39N5O/c1-23(2)24-12-14-26(15-13-24)35-18-16-27(17-19-35)36-21-25(29-10-6-7-11-30(29)36)20-33-31(34-22-32)37-28-8-4-3-5-9-28/h3-11,21,23-24,26-27H,12-20H2,1-2H3,(H,33,34). The van der Waals surface area contributed by atoms with E-state index in [0.29, 0.717) is 18.3 Å². The number of para-hydroxylation sites is 2. The van der Waals surface area contributed by atoms with E-state index in [4.69, 9.17) is 10.00 Å². The van der Waals surface area contributed by atoms with E-state index in [1.807, 2.05) is 36.5 Å². The molecule has 0 radical (unpaired) electrons. The van der Waals surface area contributed by atoms with Crippen LogP contribution in [0, 0.1) is 23.3 Å². The van der Waals surface area contributed by atoms with Crippen molar-refractivity contribution in [3.63, 3.8) is 0 Å². The topological polar surface area (TPSA) is 65.6 Å². The first-order valence-electron chi connectivity index (χ1n) is 13.9. The molecule has 6 heteroatoms. The number of nitriles is 1. The van der Waals surface area contributed by atoms with Gasteiger partial charge in [-0.2, -0.15) is 5.26 Å². The van der Waals surface area contributed by atoms with E-state index in [9.17, 15) is 0 Å². The summed E-state index contributed by atoms with van der Waals surface area (Å²) in [5, 5.41) is 13.6. The average molecular weight is 498 g/mol. The Kier molecular flexibility index (Phi) is 8.11. The highest BCUT2D eigenvalue weighted by Crippen LogP contribution is 2.36. The van der Waals surface area contributed by atoms with Crippen molar-refractivity contribution in [2.75, 3.05) is 13.1 Å². The summed E-state index contributed by atoms with van der Waals surface area (Å²) < 4.78 is 8.29. The summed E-state index contributed by atoms with van der Waals surface area (Å²) in [4.78, 5) is 6.63. The number of nitrogens with one attached hydrogen (secondary N) is 1. The number of nitrogens with zero attached hydrogens (tertiary/aromatic N) is 4. The normalized spacial score (nSPS) is 21.7. The Morgan fingerprint density at radius 1 is 0.973 bits per heavy atom. The molecule has 2 aromatic carbocycles. The van der Waals surface area contributed by atoms with Gasteiger partial charge in [0.1, 0.15) is 5.75 Å². The van der Waals surface area contributed by atoms with Gasteiger partial charge in [-0.05, 0) is 74.1 Å². The molecule has 1 saturated carbocycles. The van der Waals surface area contributed by atoms with Crippen LogP contribution < -0.4 is 10.1 Å². The number of benzene rings is 2. The van der Waals surface area contributed by atoms with Crippen molar-refractivity contribution < 1.29 is 4.74 Å². The second kappa shape index (κ2) is 11.8. The molecule has 1 aromatic heterocycles. The molecule has 0 spiro atoms. The monoisotopic (exact) mass is 497 g/mol. The summed E-state index contributed by atoms with van der Waals surface area (Å²) in [6.07, 6.45) is 12.0. The van der Waals surface area contributed by atoms with Crippen LogP contribution in [0.4, 0.5) is 0 Å². The van der Waals surface area contributed by atoms with Gasteiger partial charge >= 0.3 is 6.02 Å². The molecule has 1 aliphatic carbocycles. The van der Waals surface area contributed by atoms with Crippen LogP contribution in [0.25, 0.3) is 10.9 Å². The molecule has 1 N–H and O–H groups in total. The summed E-state index contributed by atoms with van der Waals surface area (Å²) in [6, 6.07) is 19.6. The van der Waals surface area contributed by atoms with Gasteiger partial charge in [0.25, 0.3) is 0 Å². The number of hydrogen-bond acceptors (Lipinski definition) is 4. The highest BCUT2D eigenvalue weighted by molar-refractivity contribution is 5.85. The Morgan fingerprint density at radius 3 is 2.38 bits per heavy atom. The van der Waals surface area contributed by atoms with Crippen LogP contribution in [-0.2, 0) is 6.54 Å². The Bertz CT molecular complexity index is 1230. The maximum absolute atomic E-state index is 9.15. The van der Waals surface area contributed by atoms with Gasteiger partial charge in [-0.3, -0.25) is 0 Å². The fraction of sp³-hybridized carbons (Fsp3) is 0.484. The van der Waals surface area contributed by atoms with E-state index in [-0.39, 0.29) is 6.02 Å². The first-order chi connectivity index (χ1) is 18.1. The van der Waals surface area contributed by atoms with Crippen LogP contribution in [0.1, 0.15) is 64.0 Å². The minimum atomic E-state index is 0.214. The van der Waals surface area contributed by atoms with Crippen molar-refractivity contribution in [3.8, 4) is 11.9 Å². The molecule has 37 heavy (non-hydrogen) atoms. The minimum Gasteiger partial charge on any atom is -0.425 e. The van der Waals surface area contributed by atoms with Crippen molar-refractivity contribution in [2.24, 2.45) is 16.8 Å². The summed E-state index contributed by atoms with van der Waals surface area (Å²) in [5.74, 6) is 2.39. The lowest BCUT2D eigenvalue weighted by Crippen LogP contribution is -2.43. The maximum Gasteiger partial charge on any atom is 0.305 e. The van der Waals surface area contributed by atoms with Crippen LogP contribution in [0.2, 0.25) is 0 Å². The fourth-order valence-corrected chi connectivity index (χ4v) is 6.30. The summed E-state index contributed by atoms with van der Waals surface area (Å²) in [6.45, 7) is 7.68. The van der Waals surface area contributed by atoms with Crippen LogP contribution in [-0.4, -0.2) is 34.6 Å². The summed E-state index contributed by atoms with van der Waals surface area (Å²) in [7, 11) is 0. The van der Waals surface area contributed by atoms with Crippen molar-refractivity contribution in [1.29, 1.82) is 5.26 Å². The number of aliphatic imine (C=N–C) groups is 1. The Hall–Kier alpha value is -3.30. The third-order valence-electron chi connectivity index (χ3n) is 8.46. The van der Waals surface area contributed by atoms with Crippen molar-refractivity contribution >= 4 is 16.9 Å². The molecule has 2 heterocycles. The Labute approximate surface area is 220 Å². The molecule has 5 rings (SSSR count). The molecule has 2 fully saturated rings. The predicted octanol–water partition coefficient (Wildman–Crippen LogP) is 6.50. The van der Waals surface area contributed by atoms with Crippen LogP contribution in [0.3, 0.4) is 0 Å². The molecule has 0 unspecified atom stereocenters. The largest absolute Gasteiger partial charge is 0.425 e. The number of amidine groups is 1. The number of fused-ring (bicyclic) bond motifs is 1. The smallest absolute Gasteiger partial charge is 0.305 e. The number of hydrogen-bond donors (Lipinski definition) is 1.